The van der Waals surface area contributed by atoms with Crippen LogP contribution in [0.4, 0.5) is 5.82 Å². The molecule has 3 heterocycles. The Labute approximate surface area is 162 Å². The standard InChI is InChI=1S/C21H21N5S/c1-15(21-24-18-8-4-5-9-19(18)27-21)25-10-12-26(13-11-25)20-14-22-16-6-2-3-7-17(16)23-20/h2-9,14-15H,10-13H2,1H3. The Morgan fingerprint density at radius 3 is 2.33 bits per heavy atom. The number of benzene rings is 2. The molecule has 2 aromatic carbocycles. The van der Waals surface area contributed by atoms with Crippen molar-refractivity contribution in [2.45, 2.75) is 13.0 Å². The molecule has 4 aromatic rings. The van der Waals surface area contributed by atoms with Crippen molar-refractivity contribution in [3.8, 4) is 0 Å². The van der Waals surface area contributed by atoms with Crippen LogP contribution in [-0.2, 0) is 0 Å². The number of nitrogens with zero attached hydrogens (tertiary/aromatic N) is 5. The summed E-state index contributed by atoms with van der Waals surface area (Å²) in [4.78, 5) is 19.0. The summed E-state index contributed by atoms with van der Waals surface area (Å²) in [5, 5.41) is 1.20. The fourth-order valence-corrected chi connectivity index (χ4v) is 4.72. The summed E-state index contributed by atoms with van der Waals surface area (Å²) >= 11 is 1.81. The second-order valence-electron chi connectivity index (χ2n) is 6.94. The minimum Gasteiger partial charge on any atom is -0.353 e. The zero-order valence-corrected chi connectivity index (χ0v) is 16.1. The summed E-state index contributed by atoms with van der Waals surface area (Å²) in [6, 6.07) is 16.8. The molecule has 1 aliphatic heterocycles. The van der Waals surface area contributed by atoms with Crippen LogP contribution in [0.3, 0.4) is 0 Å². The number of aromatic nitrogens is 3. The largest absolute Gasteiger partial charge is 0.353 e. The lowest BCUT2D eigenvalue weighted by Crippen LogP contribution is -2.47. The molecular weight excluding hydrogens is 354 g/mol. The van der Waals surface area contributed by atoms with E-state index in [9.17, 15) is 0 Å². The van der Waals surface area contributed by atoms with E-state index < -0.39 is 0 Å². The number of hydrogen-bond donors (Lipinski definition) is 0. The van der Waals surface area contributed by atoms with Crippen LogP contribution in [0.1, 0.15) is 18.0 Å². The van der Waals surface area contributed by atoms with E-state index in [0.717, 1.165) is 48.5 Å². The summed E-state index contributed by atoms with van der Waals surface area (Å²) < 4.78 is 1.27. The maximum Gasteiger partial charge on any atom is 0.147 e. The van der Waals surface area contributed by atoms with E-state index in [4.69, 9.17) is 9.97 Å². The maximum absolute atomic E-state index is 4.84. The quantitative estimate of drug-likeness (QED) is 0.539. The third kappa shape index (κ3) is 3.15. The molecule has 1 saturated heterocycles. The van der Waals surface area contributed by atoms with Gasteiger partial charge in [-0.15, -0.1) is 11.3 Å². The first-order chi connectivity index (χ1) is 13.3. The van der Waals surface area contributed by atoms with Gasteiger partial charge >= 0.3 is 0 Å². The lowest BCUT2D eigenvalue weighted by Gasteiger charge is -2.37. The molecule has 1 aliphatic rings. The van der Waals surface area contributed by atoms with Gasteiger partial charge in [0.1, 0.15) is 10.8 Å². The molecule has 1 fully saturated rings. The smallest absolute Gasteiger partial charge is 0.147 e. The highest BCUT2D eigenvalue weighted by Crippen LogP contribution is 2.30. The number of fused-ring (bicyclic) bond motifs is 2. The van der Waals surface area contributed by atoms with Gasteiger partial charge in [-0.2, -0.15) is 0 Å². The molecule has 0 radical (unpaired) electrons. The van der Waals surface area contributed by atoms with Crippen molar-refractivity contribution in [3.63, 3.8) is 0 Å². The van der Waals surface area contributed by atoms with E-state index in [2.05, 4.69) is 46.0 Å². The second-order valence-corrected chi connectivity index (χ2v) is 8.00. The predicted molar refractivity (Wildman–Crippen MR) is 111 cm³/mol. The van der Waals surface area contributed by atoms with E-state index in [1.807, 2.05) is 41.8 Å². The van der Waals surface area contributed by atoms with Gasteiger partial charge in [-0.1, -0.05) is 24.3 Å². The summed E-state index contributed by atoms with van der Waals surface area (Å²) in [6.07, 6.45) is 1.90. The van der Waals surface area contributed by atoms with Gasteiger partial charge in [0.05, 0.1) is 33.5 Å². The van der Waals surface area contributed by atoms with E-state index >= 15 is 0 Å². The van der Waals surface area contributed by atoms with E-state index in [1.54, 1.807) is 0 Å². The fourth-order valence-electron chi connectivity index (χ4n) is 3.66. The molecule has 5 rings (SSSR count). The highest BCUT2D eigenvalue weighted by atomic mass is 32.1. The lowest BCUT2D eigenvalue weighted by atomic mass is 10.2. The Morgan fingerprint density at radius 2 is 1.56 bits per heavy atom. The van der Waals surface area contributed by atoms with Gasteiger partial charge in [0, 0.05) is 26.2 Å². The number of para-hydroxylation sites is 3. The summed E-state index contributed by atoms with van der Waals surface area (Å²) in [7, 11) is 0. The molecule has 0 aliphatic carbocycles. The van der Waals surface area contributed by atoms with Crippen molar-refractivity contribution in [3.05, 3.63) is 59.7 Å². The second kappa shape index (κ2) is 6.87. The average molecular weight is 376 g/mol. The Hall–Kier alpha value is -2.57. The molecule has 5 nitrogen and oxygen atoms in total. The number of thiazole rings is 1. The monoisotopic (exact) mass is 375 g/mol. The minimum atomic E-state index is 0.340. The van der Waals surface area contributed by atoms with Crippen LogP contribution in [0.25, 0.3) is 21.3 Å². The van der Waals surface area contributed by atoms with Crippen LogP contribution in [0, 0.1) is 0 Å². The minimum absolute atomic E-state index is 0.340. The predicted octanol–water partition coefficient (Wildman–Crippen LogP) is 4.12. The Kier molecular flexibility index (Phi) is 4.22. The van der Waals surface area contributed by atoms with Gasteiger partial charge < -0.3 is 4.90 Å². The van der Waals surface area contributed by atoms with Gasteiger partial charge in [-0.05, 0) is 31.2 Å². The molecule has 6 heteroatoms. The molecular formula is C21H21N5S. The molecule has 0 saturated carbocycles. The van der Waals surface area contributed by atoms with Gasteiger partial charge in [0.15, 0.2) is 0 Å². The van der Waals surface area contributed by atoms with Crippen molar-refractivity contribution >= 4 is 38.4 Å². The Morgan fingerprint density at radius 1 is 0.852 bits per heavy atom. The molecule has 0 N–H and O–H groups in total. The van der Waals surface area contributed by atoms with Gasteiger partial charge in [-0.3, -0.25) is 9.88 Å². The summed E-state index contributed by atoms with van der Waals surface area (Å²) in [6.45, 7) is 6.20. The molecule has 27 heavy (non-hydrogen) atoms. The zero-order chi connectivity index (χ0) is 18.2. The van der Waals surface area contributed by atoms with Crippen molar-refractivity contribution in [2.75, 3.05) is 31.1 Å². The van der Waals surface area contributed by atoms with Crippen LogP contribution in [0.15, 0.2) is 54.7 Å². The van der Waals surface area contributed by atoms with Crippen LogP contribution in [0.5, 0.6) is 0 Å². The Balaban J connectivity index is 1.30. The van der Waals surface area contributed by atoms with Crippen LogP contribution in [0.2, 0.25) is 0 Å². The number of hydrogen-bond acceptors (Lipinski definition) is 6. The first kappa shape index (κ1) is 16.6. The molecule has 2 aromatic heterocycles. The average Bonchev–Trinajstić information content (AvgIpc) is 3.17. The topological polar surface area (TPSA) is 45.2 Å². The first-order valence-electron chi connectivity index (χ1n) is 9.34. The molecule has 136 valence electrons. The number of rotatable bonds is 3. The highest BCUT2D eigenvalue weighted by molar-refractivity contribution is 7.18. The fraction of sp³-hybridized carbons (Fsp3) is 0.286. The van der Waals surface area contributed by atoms with Gasteiger partial charge in [0.2, 0.25) is 0 Å². The first-order valence-corrected chi connectivity index (χ1v) is 10.2. The van der Waals surface area contributed by atoms with Crippen LogP contribution in [-0.4, -0.2) is 46.0 Å². The molecule has 0 amide bonds. The highest BCUT2D eigenvalue weighted by Gasteiger charge is 2.25. The SMILES string of the molecule is CC(c1nc2ccccc2s1)N1CCN(c2cnc3ccccc3n2)CC1. The van der Waals surface area contributed by atoms with E-state index in [-0.39, 0.29) is 0 Å². The summed E-state index contributed by atoms with van der Waals surface area (Å²) in [5.74, 6) is 0.973. The third-order valence-corrected chi connectivity index (χ3v) is 6.50. The zero-order valence-electron chi connectivity index (χ0n) is 15.2. The molecule has 0 spiro atoms. The number of piperazine rings is 1. The normalized spacial score (nSPS) is 16.9. The van der Waals surface area contributed by atoms with Crippen molar-refractivity contribution < 1.29 is 0 Å². The Bertz CT molecular complexity index is 1050. The van der Waals surface area contributed by atoms with E-state index in [1.165, 1.54) is 9.71 Å². The van der Waals surface area contributed by atoms with Gasteiger partial charge in [0.25, 0.3) is 0 Å². The molecule has 1 unspecified atom stereocenters. The summed E-state index contributed by atoms with van der Waals surface area (Å²) in [5.41, 5.74) is 3.01. The van der Waals surface area contributed by atoms with Gasteiger partial charge in [-0.25, -0.2) is 9.97 Å². The van der Waals surface area contributed by atoms with Crippen molar-refractivity contribution in [1.82, 2.24) is 19.9 Å². The van der Waals surface area contributed by atoms with Crippen molar-refractivity contribution in [2.24, 2.45) is 0 Å². The number of anilines is 1. The molecule has 0 bridgehead atoms. The van der Waals surface area contributed by atoms with Crippen LogP contribution < -0.4 is 4.90 Å². The molecule has 1 atom stereocenters. The van der Waals surface area contributed by atoms with Crippen molar-refractivity contribution in [1.29, 1.82) is 0 Å². The van der Waals surface area contributed by atoms with E-state index in [0.29, 0.717) is 6.04 Å². The lowest BCUT2D eigenvalue weighted by molar-refractivity contribution is 0.198. The van der Waals surface area contributed by atoms with Crippen LogP contribution >= 0.6 is 11.3 Å². The third-order valence-electron chi connectivity index (χ3n) is 5.29. The maximum atomic E-state index is 4.84.